The number of aryl methyl sites for hydroxylation is 1. The van der Waals surface area contributed by atoms with Gasteiger partial charge in [-0.25, -0.2) is 0 Å². The van der Waals surface area contributed by atoms with E-state index in [1.807, 2.05) is 55.4 Å². The second-order valence-corrected chi connectivity index (χ2v) is 7.93. The minimum Gasteiger partial charge on any atom is -0.334 e. The molecule has 0 radical (unpaired) electrons. The van der Waals surface area contributed by atoms with E-state index in [0.29, 0.717) is 6.54 Å². The standard InChI is InChI=1S/C23H26N2OS/c1-18-14-15-27-21(18)16-24(2)17-22(26)25(3)23(19-10-6-4-7-11-19)20-12-8-5-9-13-20/h4-15,23H,16-17H2,1-3H3. The van der Waals surface area contributed by atoms with E-state index >= 15 is 0 Å². The fourth-order valence-corrected chi connectivity index (χ4v) is 4.25. The van der Waals surface area contributed by atoms with Crippen molar-refractivity contribution in [1.82, 2.24) is 9.80 Å². The second-order valence-electron chi connectivity index (χ2n) is 6.93. The maximum absolute atomic E-state index is 13.0. The summed E-state index contributed by atoms with van der Waals surface area (Å²) in [5.41, 5.74) is 3.53. The van der Waals surface area contributed by atoms with Crippen molar-refractivity contribution in [2.24, 2.45) is 0 Å². The normalized spacial score (nSPS) is 11.1. The molecule has 140 valence electrons. The van der Waals surface area contributed by atoms with Crippen LogP contribution in [0.5, 0.6) is 0 Å². The first kappa shape index (κ1) is 19.3. The van der Waals surface area contributed by atoms with Gasteiger partial charge in [0.25, 0.3) is 0 Å². The fourth-order valence-electron chi connectivity index (χ4n) is 3.26. The number of likely N-dealkylation sites (N-methyl/N-ethyl adjacent to an activating group) is 2. The van der Waals surface area contributed by atoms with Gasteiger partial charge in [0.2, 0.25) is 5.91 Å². The lowest BCUT2D eigenvalue weighted by Crippen LogP contribution is -2.39. The van der Waals surface area contributed by atoms with Crippen molar-refractivity contribution in [2.75, 3.05) is 20.6 Å². The first-order valence-corrected chi connectivity index (χ1v) is 10.0. The van der Waals surface area contributed by atoms with Crippen LogP contribution in [0.25, 0.3) is 0 Å². The van der Waals surface area contributed by atoms with Crippen molar-refractivity contribution in [1.29, 1.82) is 0 Å². The van der Waals surface area contributed by atoms with Crippen LogP contribution in [0.3, 0.4) is 0 Å². The predicted molar refractivity (Wildman–Crippen MR) is 113 cm³/mol. The summed E-state index contributed by atoms with van der Waals surface area (Å²) in [6.07, 6.45) is 0. The molecular weight excluding hydrogens is 352 g/mol. The van der Waals surface area contributed by atoms with Crippen LogP contribution < -0.4 is 0 Å². The topological polar surface area (TPSA) is 23.6 Å². The summed E-state index contributed by atoms with van der Waals surface area (Å²) >= 11 is 1.75. The molecular formula is C23H26N2OS. The van der Waals surface area contributed by atoms with E-state index in [-0.39, 0.29) is 11.9 Å². The van der Waals surface area contributed by atoms with Crippen LogP contribution in [0.15, 0.2) is 72.1 Å². The molecule has 0 aliphatic carbocycles. The monoisotopic (exact) mass is 378 g/mol. The van der Waals surface area contributed by atoms with Gasteiger partial charge >= 0.3 is 0 Å². The summed E-state index contributed by atoms with van der Waals surface area (Å²) in [6, 6.07) is 22.5. The molecule has 0 fully saturated rings. The van der Waals surface area contributed by atoms with Crippen molar-refractivity contribution < 1.29 is 4.79 Å². The molecule has 3 aromatic rings. The number of hydrogen-bond donors (Lipinski definition) is 0. The van der Waals surface area contributed by atoms with Crippen molar-refractivity contribution in [3.05, 3.63) is 93.7 Å². The third-order valence-corrected chi connectivity index (χ3v) is 5.81. The molecule has 0 saturated carbocycles. The van der Waals surface area contributed by atoms with Gasteiger partial charge in [-0.15, -0.1) is 11.3 Å². The Morgan fingerprint density at radius 3 is 1.96 bits per heavy atom. The molecule has 2 aromatic carbocycles. The third kappa shape index (κ3) is 4.85. The number of rotatable bonds is 7. The summed E-state index contributed by atoms with van der Waals surface area (Å²) < 4.78 is 0. The van der Waals surface area contributed by atoms with Gasteiger partial charge in [-0.05, 0) is 42.1 Å². The lowest BCUT2D eigenvalue weighted by Gasteiger charge is -2.30. The van der Waals surface area contributed by atoms with Crippen LogP contribution in [0.4, 0.5) is 0 Å². The van der Waals surface area contributed by atoms with Crippen molar-refractivity contribution in [2.45, 2.75) is 19.5 Å². The van der Waals surface area contributed by atoms with Crippen LogP contribution in [-0.4, -0.2) is 36.3 Å². The molecule has 0 aliphatic rings. The fraction of sp³-hybridized carbons (Fsp3) is 0.261. The Hall–Kier alpha value is -2.43. The number of thiophene rings is 1. The first-order chi connectivity index (χ1) is 13.1. The maximum Gasteiger partial charge on any atom is 0.237 e. The van der Waals surface area contributed by atoms with E-state index in [4.69, 9.17) is 0 Å². The molecule has 27 heavy (non-hydrogen) atoms. The zero-order valence-electron chi connectivity index (χ0n) is 16.1. The molecule has 1 amide bonds. The van der Waals surface area contributed by atoms with Gasteiger partial charge in [-0.1, -0.05) is 60.7 Å². The van der Waals surface area contributed by atoms with Gasteiger partial charge in [0, 0.05) is 18.5 Å². The van der Waals surface area contributed by atoms with Crippen LogP contribution in [0.2, 0.25) is 0 Å². The zero-order valence-corrected chi connectivity index (χ0v) is 16.9. The van der Waals surface area contributed by atoms with E-state index in [1.54, 1.807) is 11.3 Å². The molecule has 1 heterocycles. The number of nitrogens with zero attached hydrogens (tertiary/aromatic N) is 2. The molecule has 0 unspecified atom stereocenters. The Bertz CT molecular complexity index is 821. The Labute approximate surface area is 165 Å². The van der Waals surface area contributed by atoms with E-state index < -0.39 is 0 Å². The van der Waals surface area contributed by atoms with Gasteiger partial charge in [0.15, 0.2) is 0 Å². The number of carbonyl (C=O) groups excluding carboxylic acids is 1. The average molecular weight is 379 g/mol. The zero-order chi connectivity index (χ0) is 19.2. The van der Waals surface area contributed by atoms with Crippen LogP contribution in [-0.2, 0) is 11.3 Å². The van der Waals surface area contributed by atoms with Crippen LogP contribution in [0, 0.1) is 6.92 Å². The highest BCUT2D eigenvalue weighted by molar-refractivity contribution is 7.10. The average Bonchev–Trinajstić information content (AvgIpc) is 3.08. The molecule has 0 spiro atoms. The lowest BCUT2D eigenvalue weighted by atomic mass is 9.97. The molecule has 0 saturated heterocycles. The number of amides is 1. The molecule has 0 aliphatic heterocycles. The first-order valence-electron chi connectivity index (χ1n) is 9.13. The van der Waals surface area contributed by atoms with E-state index in [1.165, 1.54) is 10.4 Å². The van der Waals surface area contributed by atoms with Crippen molar-refractivity contribution >= 4 is 17.2 Å². The van der Waals surface area contributed by atoms with Crippen LogP contribution >= 0.6 is 11.3 Å². The van der Waals surface area contributed by atoms with E-state index in [0.717, 1.165) is 17.7 Å². The highest BCUT2D eigenvalue weighted by Crippen LogP contribution is 2.27. The quantitative estimate of drug-likeness (QED) is 0.593. The van der Waals surface area contributed by atoms with E-state index in [9.17, 15) is 4.79 Å². The summed E-state index contributed by atoms with van der Waals surface area (Å²) in [7, 11) is 3.90. The van der Waals surface area contributed by atoms with Crippen LogP contribution in [0.1, 0.15) is 27.6 Å². The number of benzene rings is 2. The second kappa shape index (κ2) is 8.98. The van der Waals surface area contributed by atoms with Gasteiger partial charge < -0.3 is 4.90 Å². The van der Waals surface area contributed by atoms with Crippen molar-refractivity contribution in [3.63, 3.8) is 0 Å². The Kier molecular flexibility index (Phi) is 6.43. The Morgan fingerprint density at radius 2 is 1.48 bits per heavy atom. The Balaban J connectivity index is 1.76. The molecule has 0 atom stereocenters. The highest BCUT2D eigenvalue weighted by atomic mass is 32.1. The number of hydrogen-bond acceptors (Lipinski definition) is 3. The Morgan fingerprint density at radius 1 is 0.926 bits per heavy atom. The summed E-state index contributed by atoms with van der Waals surface area (Å²) in [4.78, 5) is 18.3. The van der Waals surface area contributed by atoms with E-state index in [2.05, 4.69) is 47.5 Å². The maximum atomic E-state index is 13.0. The van der Waals surface area contributed by atoms with Gasteiger partial charge in [0.1, 0.15) is 0 Å². The SMILES string of the molecule is Cc1ccsc1CN(C)CC(=O)N(C)C(c1ccccc1)c1ccccc1. The third-order valence-electron chi connectivity index (χ3n) is 4.80. The summed E-state index contributed by atoms with van der Waals surface area (Å²) in [6.45, 7) is 3.31. The number of carbonyl (C=O) groups is 1. The van der Waals surface area contributed by atoms with Gasteiger partial charge in [-0.2, -0.15) is 0 Å². The summed E-state index contributed by atoms with van der Waals surface area (Å²) in [5, 5.41) is 2.10. The molecule has 0 bridgehead atoms. The smallest absolute Gasteiger partial charge is 0.237 e. The predicted octanol–water partition coefficient (Wildman–Crippen LogP) is 4.74. The molecule has 3 nitrogen and oxygen atoms in total. The van der Waals surface area contributed by atoms with Gasteiger partial charge in [-0.3, -0.25) is 9.69 Å². The minimum absolute atomic E-state index is 0.0863. The van der Waals surface area contributed by atoms with Gasteiger partial charge in [0.05, 0.1) is 12.6 Å². The minimum atomic E-state index is -0.0863. The largest absolute Gasteiger partial charge is 0.334 e. The van der Waals surface area contributed by atoms with Crippen molar-refractivity contribution in [3.8, 4) is 0 Å². The molecule has 1 aromatic heterocycles. The molecule has 0 N–H and O–H groups in total. The summed E-state index contributed by atoms with van der Waals surface area (Å²) in [5.74, 6) is 0.115. The highest BCUT2D eigenvalue weighted by Gasteiger charge is 2.24. The molecule has 4 heteroatoms. The molecule has 3 rings (SSSR count). The lowest BCUT2D eigenvalue weighted by molar-refractivity contribution is -0.132.